The molecule has 0 atom stereocenters. The third kappa shape index (κ3) is 4.35. The minimum Gasteiger partial charge on any atom is -0.423 e. The van der Waals surface area contributed by atoms with E-state index in [2.05, 4.69) is 6.92 Å². The van der Waals surface area contributed by atoms with Crippen molar-refractivity contribution in [2.24, 2.45) is 0 Å². The molecule has 0 heterocycles. The summed E-state index contributed by atoms with van der Waals surface area (Å²) >= 11 is 0. The Bertz CT molecular complexity index is 302. The fourth-order valence-electron chi connectivity index (χ4n) is 1.55. The smallest absolute Gasteiger partial charge is 0.423 e. The first-order valence-corrected chi connectivity index (χ1v) is 5.77. The molecule has 0 saturated carbocycles. The maximum atomic E-state index is 9.15. The molecular weight excluding hydrogens is 203 g/mol. The van der Waals surface area contributed by atoms with Gasteiger partial charge in [0.05, 0.1) is 6.61 Å². The zero-order chi connectivity index (χ0) is 11.8. The van der Waals surface area contributed by atoms with E-state index in [4.69, 9.17) is 14.8 Å². The second-order valence-corrected chi connectivity index (χ2v) is 3.83. The van der Waals surface area contributed by atoms with Crippen LogP contribution in [0, 0.1) is 0 Å². The van der Waals surface area contributed by atoms with Crippen molar-refractivity contribution in [2.45, 2.75) is 32.8 Å². The predicted molar refractivity (Wildman–Crippen MR) is 65.4 cm³/mol. The van der Waals surface area contributed by atoms with Gasteiger partial charge < -0.3 is 14.8 Å². The minimum atomic E-state index is -1.42. The van der Waals surface area contributed by atoms with Gasteiger partial charge in [-0.2, -0.15) is 0 Å². The lowest BCUT2D eigenvalue weighted by molar-refractivity contribution is 0.117. The van der Waals surface area contributed by atoms with Crippen molar-refractivity contribution >= 4 is 12.6 Å². The van der Waals surface area contributed by atoms with Gasteiger partial charge in [-0.05, 0) is 17.4 Å². The average Bonchev–Trinajstić information content (AvgIpc) is 2.29. The van der Waals surface area contributed by atoms with Crippen LogP contribution in [-0.2, 0) is 11.3 Å². The highest BCUT2D eigenvalue weighted by molar-refractivity contribution is 6.59. The number of hydrogen-bond donors (Lipinski definition) is 2. The third-order valence-electron chi connectivity index (χ3n) is 2.48. The zero-order valence-electron chi connectivity index (χ0n) is 9.72. The highest BCUT2D eigenvalue weighted by Crippen LogP contribution is 2.01. The monoisotopic (exact) mass is 222 g/mol. The summed E-state index contributed by atoms with van der Waals surface area (Å²) in [5, 5.41) is 18.3. The molecule has 1 aromatic carbocycles. The van der Waals surface area contributed by atoms with Crippen molar-refractivity contribution in [3.63, 3.8) is 0 Å². The Kier molecular flexibility index (Phi) is 6.15. The largest absolute Gasteiger partial charge is 0.488 e. The van der Waals surface area contributed by atoms with Crippen molar-refractivity contribution in [1.29, 1.82) is 0 Å². The average molecular weight is 222 g/mol. The summed E-state index contributed by atoms with van der Waals surface area (Å²) in [7, 11) is -1.42. The first kappa shape index (κ1) is 13.2. The molecule has 0 aliphatic carbocycles. The van der Waals surface area contributed by atoms with E-state index in [1.165, 1.54) is 12.8 Å². The summed E-state index contributed by atoms with van der Waals surface area (Å²) in [6.07, 6.45) is 3.40. The van der Waals surface area contributed by atoms with Crippen LogP contribution in [0.25, 0.3) is 0 Å². The third-order valence-corrected chi connectivity index (χ3v) is 2.48. The quantitative estimate of drug-likeness (QED) is 0.536. The molecule has 0 amide bonds. The Labute approximate surface area is 97.2 Å². The lowest BCUT2D eigenvalue weighted by Gasteiger charge is -2.09. The van der Waals surface area contributed by atoms with Gasteiger partial charge in [0.2, 0.25) is 0 Å². The van der Waals surface area contributed by atoms with E-state index in [0.717, 1.165) is 18.6 Å². The van der Waals surface area contributed by atoms with Gasteiger partial charge in [0.15, 0.2) is 0 Å². The van der Waals surface area contributed by atoms with Crippen LogP contribution in [0.1, 0.15) is 31.7 Å². The number of hydrogen-bond acceptors (Lipinski definition) is 3. The van der Waals surface area contributed by atoms with E-state index in [-0.39, 0.29) is 0 Å². The van der Waals surface area contributed by atoms with Gasteiger partial charge in [0.1, 0.15) is 0 Å². The van der Waals surface area contributed by atoms with Crippen molar-refractivity contribution in [2.75, 3.05) is 6.61 Å². The fraction of sp³-hybridized carbons (Fsp3) is 0.500. The topological polar surface area (TPSA) is 49.7 Å². The van der Waals surface area contributed by atoms with Crippen molar-refractivity contribution in [3.8, 4) is 0 Å². The van der Waals surface area contributed by atoms with Gasteiger partial charge in [-0.3, -0.25) is 0 Å². The molecule has 0 bridgehead atoms. The highest BCUT2D eigenvalue weighted by atomic mass is 16.5. The van der Waals surface area contributed by atoms with Gasteiger partial charge >= 0.3 is 7.12 Å². The molecule has 0 aromatic heterocycles. The standard InChI is InChI=1S/C12H19BO3/c1-2-3-6-9-16-10-11-7-4-5-8-12(11)13(14)15/h4-5,7-8,14-15H,2-3,6,9-10H2,1H3. The van der Waals surface area contributed by atoms with E-state index in [9.17, 15) is 0 Å². The minimum absolute atomic E-state index is 0.442. The molecule has 1 rings (SSSR count). The molecule has 0 saturated heterocycles. The Morgan fingerprint density at radius 3 is 2.62 bits per heavy atom. The Hall–Kier alpha value is -0.835. The molecule has 4 heteroatoms. The Morgan fingerprint density at radius 1 is 1.19 bits per heavy atom. The van der Waals surface area contributed by atoms with Crippen molar-refractivity contribution in [1.82, 2.24) is 0 Å². The molecule has 0 aliphatic heterocycles. The zero-order valence-corrected chi connectivity index (χ0v) is 9.72. The van der Waals surface area contributed by atoms with Crippen LogP contribution < -0.4 is 5.46 Å². The van der Waals surface area contributed by atoms with Crippen LogP contribution in [0.2, 0.25) is 0 Å². The highest BCUT2D eigenvalue weighted by Gasteiger charge is 2.14. The lowest BCUT2D eigenvalue weighted by atomic mass is 9.77. The van der Waals surface area contributed by atoms with Gasteiger partial charge in [0, 0.05) is 6.61 Å². The number of rotatable bonds is 7. The first-order valence-electron chi connectivity index (χ1n) is 5.77. The number of benzene rings is 1. The van der Waals surface area contributed by atoms with Gasteiger partial charge in [-0.25, -0.2) is 0 Å². The molecule has 0 radical (unpaired) electrons. The fourth-order valence-corrected chi connectivity index (χ4v) is 1.55. The second kappa shape index (κ2) is 7.44. The first-order chi connectivity index (χ1) is 7.75. The van der Waals surface area contributed by atoms with E-state index in [1.807, 2.05) is 12.1 Å². The van der Waals surface area contributed by atoms with Crippen molar-refractivity contribution < 1.29 is 14.8 Å². The van der Waals surface area contributed by atoms with E-state index in [0.29, 0.717) is 12.1 Å². The van der Waals surface area contributed by atoms with Gasteiger partial charge in [-0.1, -0.05) is 44.0 Å². The summed E-state index contributed by atoms with van der Waals surface area (Å²) < 4.78 is 5.49. The van der Waals surface area contributed by atoms with Crippen LogP contribution in [0.15, 0.2) is 24.3 Å². The molecule has 16 heavy (non-hydrogen) atoms. The molecule has 88 valence electrons. The second-order valence-electron chi connectivity index (χ2n) is 3.83. The summed E-state index contributed by atoms with van der Waals surface area (Å²) in [5.41, 5.74) is 1.37. The molecule has 0 aliphatic rings. The predicted octanol–water partition coefficient (Wildman–Crippen LogP) is 1.07. The van der Waals surface area contributed by atoms with Gasteiger partial charge in [-0.15, -0.1) is 0 Å². The van der Waals surface area contributed by atoms with Crippen LogP contribution in [0.3, 0.4) is 0 Å². The molecule has 0 fully saturated rings. The maximum absolute atomic E-state index is 9.15. The summed E-state index contributed by atoms with van der Waals surface area (Å²) in [4.78, 5) is 0. The van der Waals surface area contributed by atoms with Crippen LogP contribution in [0.4, 0.5) is 0 Å². The van der Waals surface area contributed by atoms with E-state index < -0.39 is 7.12 Å². The molecule has 1 aromatic rings. The molecule has 2 N–H and O–H groups in total. The Balaban J connectivity index is 2.41. The summed E-state index contributed by atoms with van der Waals surface area (Å²) in [6, 6.07) is 7.22. The van der Waals surface area contributed by atoms with Crippen molar-refractivity contribution in [3.05, 3.63) is 29.8 Å². The normalized spacial score (nSPS) is 10.4. The lowest BCUT2D eigenvalue weighted by Crippen LogP contribution is -2.33. The summed E-state index contributed by atoms with van der Waals surface area (Å²) in [5.74, 6) is 0. The molecule has 0 unspecified atom stereocenters. The Morgan fingerprint density at radius 2 is 1.94 bits per heavy atom. The van der Waals surface area contributed by atoms with E-state index in [1.54, 1.807) is 12.1 Å². The molecule has 3 nitrogen and oxygen atoms in total. The van der Waals surface area contributed by atoms with Gasteiger partial charge in [0.25, 0.3) is 0 Å². The summed E-state index contributed by atoms with van der Waals surface area (Å²) in [6.45, 7) is 3.32. The number of ether oxygens (including phenoxy) is 1. The van der Waals surface area contributed by atoms with Crippen LogP contribution in [0.5, 0.6) is 0 Å². The maximum Gasteiger partial charge on any atom is 0.488 e. The molecule has 0 spiro atoms. The van der Waals surface area contributed by atoms with Crippen LogP contribution >= 0.6 is 0 Å². The molecular formula is C12H19BO3. The number of unbranched alkanes of at least 4 members (excludes halogenated alkanes) is 2. The van der Waals surface area contributed by atoms with Crippen LogP contribution in [-0.4, -0.2) is 23.8 Å². The van der Waals surface area contributed by atoms with E-state index >= 15 is 0 Å². The SMILES string of the molecule is CCCCCOCc1ccccc1B(O)O.